The summed E-state index contributed by atoms with van der Waals surface area (Å²) in [6, 6.07) is 9.41. The molecule has 1 heterocycles. The third-order valence-corrected chi connectivity index (χ3v) is 6.91. The van der Waals surface area contributed by atoms with Gasteiger partial charge in [0.25, 0.3) is 0 Å². The molecule has 1 aliphatic carbocycles. The maximum absolute atomic E-state index is 13.0. The summed E-state index contributed by atoms with van der Waals surface area (Å²) < 4.78 is 5.41. The molecule has 1 aromatic carbocycles. The Morgan fingerprint density at radius 3 is 2.30 bits per heavy atom. The fraction of sp³-hybridized carbons (Fsp3) is 0.680. The van der Waals surface area contributed by atoms with Crippen molar-refractivity contribution in [3.8, 4) is 0 Å². The van der Waals surface area contributed by atoms with E-state index in [2.05, 4.69) is 24.5 Å². The van der Waals surface area contributed by atoms with E-state index >= 15 is 0 Å². The van der Waals surface area contributed by atoms with Crippen LogP contribution in [0.4, 0.5) is 0 Å². The second kappa shape index (κ2) is 11.5. The molecule has 0 spiro atoms. The van der Waals surface area contributed by atoms with Crippen molar-refractivity contribution in [3.05, 3.63) is 35.9 Å². The Bertz CT molecular complexity index is 662. The summed E-state index contributed by atoms with van der Waals surface area (Å²) >= 11 is 0. The molecule has 2 fully saturated rings. The Morgan fingerprint density at radius 1 is 1.00 bits per heavy atom. The number of nitrogens with one attached hydrogen (secondary N) is 2. The first-order chi connectivity index (χ1) is 14.5. The van der Waals surface area contributed by atoms with Crippen molar-refractivity contribution in [2.45, 2.75) is 64.8 Å². The standard InChI is InChI=1S/C25H38N2O3/c1-18(2)21-8-10-22(11-9-21)24(28)27-23(16-19-6-4-3-5-7-19)25(29)26-17-20-12-14-30-15-13-20/h3-7,18,20-23H,8-17H2,1-2H3,(H,26,29)(H,27,28). The van der Waals surface area contributed by atoms with Crippen LogP contribution in [0.2, 0.25) is 0 Å². The number of rotatable bonds is 8. The minimum atomic E-state index is -0.525. The van der Waals surface area contributed by atoms with Crippen molar-refractivity contribution < 1.29 is 14.3 Å². The van der Waals surface area contributed by atoms with Gasteiger partial charge in [-0.3, -0.25) is 9.59 Å². The zero-order valence-corrected chi connectivity index (χ0v) is 18.6. The number of ether oxygens (including phenoxy) is 1. The first-order valence-corrected chi connectivity index (χ1v) is 11.7. The van der Waals surface area contributed by atoms with Crippen molar-refractivity contribution >= 4 is 11.8 Å². The van der Waals surface area contributed by atoms with Gasteiger partial charge in [0, 0.05) is 32.1 Å². The smallest absolute Gasteiger partial charge is 0.242 e. The highest BCUT2D eigenvalue weighted by atomic mass is 16.5. The maximum Gasteiger partial charge on any atom is 0.242 e. The van der Waals surface area contributed by atoms with Gasteiger partial charge in [-0.15, -0.1) is 0 Å². The number of carbonyl (C=O) groups excluding carboxylic acids is 2. The van der Waals surface area contributed by atoms with Gasteiger partial charge in [0.05, 0.1) is 0 Å². The molecule has 166 valence electrons. The van der Waals surface area contributed by atoms with Crippen LogP contribution in [0.1, 0.15) is 57.9 Å². The number of hydrogen-bond acceptors (Lipinski definition) is 3. The molecule has 1 saturated carbocycles. The van der Waals surface area contributed by atoms with E-state index in [1.165, 1.54) is 0 Å². The average molecular weight is 415 g/mol. The highest BCUT2D eigenvalue weighted by Gasteiger charge is 2.30. The first kappa shape index (κ1) is 22.8. The number of carbonyl (C=O) groups is 2. The molecular formula is C25H38N2O3. The first-order valence-electron chi connectivity index (χ1n) is 11.7. The Balaban J connectivity index is 1.57. The minimum absolute atomic E-state index is 0.0292. The van der Waals surface area contributed by atoms with E-state index in [0.717, 1.165) is 63.2 Å². The second-order valence-corrected chi connectivity index (χ2v) is 9.41. The summed E-state index contributed by atoms with van der Waals surface area (Å²) in [5, 5.41) is 6.18. The predicted molar refractivity (Wildman–Crippen MR) is 119 cm³/mol. The van der Waals surface area contributed by atoms with Gasteiger partial charge >= 0.3 is 0 Å². The van der Waals surface area contributed by atoms with Gasteiger partial charge in [0.15, 0.2) is 0 Å². The van der Waals surface area contributed by atoms with E-state index in [4.69, 9.17) is 4.74 Å². The highest BCUT2D eigenvalue weighted by Crippen LogP contribution is 2.33. The Kier molecular flexibility index (Phi) is 8.74. The fourth-order valence-electron chi connectivity index (χ4n) is 4.72. The van der Waals surface area contributed by atoms with Gasteiger partial charge in [0.1, 0.15) is 6.04 Å². The lowest BCUT2D eigenvalue weighted by Crippen LogP contribution is -2.51. The van der Waals surface area contributed by atoms with E-state index in [9.17, 15) is 9.59 Å². The molecule has 1 atom stereocenters. The molecule has 2 N–H and O–H groups in total. The predicted octanol–water partition coefficient (Wildman–Crippen LogP) is 3.72. The zero-order valence-electron chi connectivity index (χ0n) is 18.6. The highest BCUT2D eigenvalue weighted by molar-refractivity contribution is 5.88. The molecule has 3 rings (SSSR count). The molecular weight excluding hydrogens is 376 g/mol. The fourth-order valence-corrected chi connectivity index (χ4v) is 4.72. The molecule has 1 aromatic rings. The van der Waals surface area contributed by atoms with Crippen LogP contribution in [0.15, 0.2) is 30.3 Å². The molecule has 1 unspecified atom stereocenters. The Hall–Kier alpha value is -1.88. The number of benzene rings is 1. The number of amides is 2. The van der Waals surface area contributed by atoms with Gasteiger partial charge in [-0.1, -0.05) is 44.2 Å². The number of hydrogen-bond donors (Lipinski definition) is 2. The Morgan fingerprint density at radius 2 is 1.67 bits per heavy atom. The van der Waals surface area contributed by atoms with E-state index in [-0.39, 0.29) is 17.7 Å². The van der Waals surface area contributed by atoms with Crippen LogP contribution in [0.5, 0.6) is 0 Å². The van der Waals surface area contributed by atoms with Crippen molar-refractivity contribution in [2.75, 3.05) is 19.8 Å². The van der Waals surface area contributed by atoms with Crippen molar-refractivity contribution in [1.29, 1.82) is 0 Å². The molecule has 1 saturated heterocycles. The van der Waals surface area contributed by atoms with E-state index < -0.39 is 6.04 Å². The van der Waals surface area contributed by atoms with Crippen LogP contribution in [0.25, 0.3) is 0 Å². The van der Waals surface area contributed by atoms with Crippen molar-refractivity contribution in [3.63, 3.8) is 0 Å². The van der Waals surface area contributed by atoms with Gasteiger partial charge in [-0.2, -0.15) is 0 Å². The van der Waals surface area contributed by atoms with E-state index in [1.807, 2.05) is 30.3 Å². The lowest BCUT2D eigenvalue weighted by molar-refractivity contribution is -0.132. The summed E-state index contributed by atoms with van der Waals surface area (Å²) in [5.41, 5.74) is 1.06. The zero-order chi connectivity index (χ0) is 21.3. The molecule has 2 aliphatic rings. The molecule has 1 aliphatic heterocycles. The summed E-state index contributed by atoms with van der Waals surface area (Å²) in [5.74, 6) is 1.85. The summed E-state index contributed by atoms with van der Waals surface area (Å²) in [6.07, 6.45) is 6.55. The third-order valence-electron chi connectivity index (χ3n) is 6.91. The van der Waals surface area contributed by atoms with Crippen LogP contribution in [-0.4, -0.2) is 37.6 Å². The van der Waals surface area contributed by atoms with Crippen molar-refractivity contribution in [2.24, 2.45) is 23.7 Å². The third kappa shape index (κ3) is 6.83. The molecule has 5 heteroatoms. The van der Waals surface area contributed by atoms with Crippen LogP contribution >= 0.6 is 0 Å². The monoisotopic (exact) mass is 414 g/mol. The molecule has 0 aromatic heterocycles. The lowest BCUT2D eigenvalue weighted by Gasteiger charge is -2.31. The second-order valence-electron chi connectivity index (χ2n) is 9.41. The molecule has 0 bridgehead atoms. The van der Waals surface area contributed by atoms with Gasteiger partial charge in [-0.25, -0.2) is 0 Å². The Labute approximate surface area is 181 Å². The van der Waals surface area contributed by atoms with Crippen LogP contribution in [0, 0.1) is 23.7 Å². The molecule has 2 amide bonds. The summed E-state index contributed by atoms with van der Waals surface area (Å²) in [4.78, 5) is 26.0. The van der Waals surface area contributed by atoms with Gasteiger partial charge in [-0.05, 0) is 61.8 Å². The lowest BCUT2D eigenvalue weighted by atomic mass is 9.76. The van der Waals surface area contributed by atoms with Crippen LogP contribution < -0.4 is 10.6 Å². The molecule has 5 nitrogen and oxygen atoms in total. The van der Waals surface area contributed by atoms with Crippen LogP contribution in [-0.2, 0) is 20.7 Å². The van der Waals surface area contributed by atoms with E-state index in [0.29, 0.717) is 24.8 Å². The largest absolute Gasteiger partial charge is 0.381 e. The van der Waals surface area contributed by atoms with E-state index in [1.54, 1.807) is 0 Å². The van der Waals surface area contributed by atoms with Crippen LogP contribution in [0.3, 0.4) is 0 Å². The quantitative estimate of drug-likeness (QED) is 0.681. The SMILES string of the molecule is CC(C)C1CCC(C(=O)NC(Cc2ccccc2)C(=O)NCC2CCOCC2)CC1. The summed E-state index contributed by atoms with van der Waals surface area (Å²) in [6.45, 7) is 6.73. The average Bonchev–Trinajstić information content (AvgIpc) is 2.78. The summed E-state index contributed by atoms with van der Waals surface area (Å²) in [7, 11) is 0. The maximum atomic E-state index is 13.0. The normalized spacial score (nSPS) is 23.7. The minimum Gasteiger partial charge on any atom is -0.381 e. The molecule has 0 radical (unpaired) electrons. The van der Waals surface area contributed by atoms with Gasteiger partial charge in [0.2, 0.25) is 11.8 Å². The molecule has 30 heavy (non-hydrogen) atoms. The topological polar surface area (TPSA) is 67.4 Å². The van der Waals surface area contributed by atoms with Gasteiger partial charge < -0.3 is 15.4 Å². The van der Waals surface area contributed by atoms with Crippen molar-refractivity contribution in [1.82, 2.24) is 10.6 Å².